The average Bonchev–Trinajstić information content (AvgIpc) is 1.84. The Kier molecular flexibility index (Phi) is 2.97. The summed E-state index contributed by atoms with van der Waals surface area (Å²) in [6.45, 7) is 1.20. The Bertz CT molecular complexity index is 202. The highest BCUT2D eigenvalue weighted by Gasteiger charge is 2.11. The molecule has 1 amide bonds. The van der Waals surface area contributed by atoms with Crippen LogP contribution in [-0.4, -0.2) is 28.8 Å². The minimum atomic E-state index is -0.901. The summed E-state index contributed by atoms with van der Waals surface area (Å²) >= 11 is 0. The van der Waals surface area contributed by atoms with Crippen LogP contribution in [0, 0.1) is 15.5 Å². The molecule has 0 aliphatic heterocycles. The number of nitrogens with zero attached hydrogens (tertiary/aromatic N) is 2. The zero-order chi connectivity index (χ0) is 9.02. The van der Waals surface area contributed by atoms with Crippen molar-refractivity contribution in [2.45, 2.75) is 6.92 Å². The summed E-state index contributed by atoms with van der Waals surface area (Å²) in [7, 11) is 1.27. The highest BCUT2D eigenvalue weighted by molar-refractivity contribution is 5.93. The maximum Gasteiger partial charge on any atom is 0.260 e. The molecule has 0 radical (unpaired) electrons. The van der Waals surface area contributed by atoms with Crippen molar-refractivity contribution in [1.82, 2.24) is 10.3 Å². The van der Waals surface area contributed by atoms with E-state index in [0.717, 1.165) is 4.90 Å². The van der Waals surface area contributed by atoms with Crippen molar-refractivity contribution in [2.24, 2.45) is 0 Å². The Labute approximate surface area is 62.6 Å². The van der Waals surface area contributed by atoms with Gasteiger partial charge in [-0.25, -0.2) is 10.1 Å². The van der Waals surface area contributed by atoms with Crippen LogP contribution in [0.2, 0.25) is 0 Å². The van der Waals surface area contributed by atoms with E-state index in [4.69, 9.17) is 5.41 Å². The van der Waals surface area contributed by atoms with Gasteiger partial charge in [-0.1, -0.05) is 5.43 Å². The molecule has 0 spiro atoms. The molecular weight excluding hydrogens is 152 g/mol. The summed E-state index contributed by atoms with van der Waals surface area (Å²) in [5.41, 5.74) is 1.53. The van der Waals surface area contributed by atoms with Gasteiger partial charge in [0.1, 0.15) is 0 Å². The van der Waals surface area contributed by atoms with E-state index in [9.17, 15) is 14.9 Å². The Balaban J connectivity index is 4.04. The third-order valence-electron chi connectivity index (χ3n) is 1.00. The second kappa shape index (κ2) is 3.49. The van der Waals surface area contributed by atoms with Crippen LogP contribution in [0.5, 0.6) is 0 Å². The number of nitrogens with one attached hydrogen (secondary N) is 2. The van der Waals surface area contributed by atoms with Crippen LogP contribution in [0.15, 0.2) is 0 Å². The number of nitro groups is 1. The van der Waals surface area contributed by atoms with Crippen molar-refractivity contribution >= 4 is 11.9 Å². The van der Waals surface area contributed by atoms with Crippen molar-refractivity contribution < 1.29 is 9.83 Å². The Morgan fingerprint density at radius 3 is 2.45 bits per heavy atom. The van der Waals surface area contributed by atoms with Crippen LogP contribution in [-0.2, 0) is 4.79 Å². The molecule has 0 aromatic rings. The SMILES string of the molecule is CC(=O)N(C)C(=N)N[N+](=O)[O-]. The molecule has 0 aliphatic carbocycles. The van der Waals surface area contributed by atoms with E-state index in [1.165, 1.54) is 19.4 Å². The highest BCUT2D eigenvalue weighted by Crippen LogP contribution is 1.81. The molecule has 2 N–H and O–H groups in total. The van der Waals surface area contributed by atoms with Gasteiger partial charge in [0.05, 0.1) is 0 Å². The first-order chi connectivity index (χ1) is 4.95. The van der Waals surface area contributed by atoms with Crippen LogP contribution in [0.3, 0.4) is 0 Å². The van der Waals surface area contributed by atoms with Crippen LogP contribution in [0.1, 0.15) is 6.92 Å². The first kappa shape index (κ1) is 9.34. The molecule has 7 nitrogen and oxygen atoms in total. The normalized spacial score (nSPS) is 8.55. The highest BCUT2D eigenvalue weighted by atomic mass is 16.7. The zero-order valence-corrected chi connectivity index (χ0v) is 6.12. The van der Waals surface area contributed by atoms with Gasteiger partial charge in [0, 0.05) is 14.0 Å². The fourth-order valence-corrected chi connectivity index (χ4v) is 0.319. The van der Waals surface area contributed by atoms with Crippen molar-refractivity contribution in [3.63, 3.8) is 0 Å². The standard InChI is InChI=1S/C4H8N4O3/c1-3(9)7(2)4(5)6-8(10)11/h1-2H3,(H2,5,6). The topological polar surface area (TPSA) is 99.3 Å². The molecule has 0 heterocycles. The van der Waals surface area contributed by atoms with Gasteiger partial charge in [0.2, 0.25) is 5.91 Å². The molecular formula is C4H8N4O3. The number of amides is 1. The van der Waals surface area contributed by atoms with E-state index in [1.807, 2.05) is 0 Å². The van der Waals surface area contributed by atoms with Crippen molar-refractivity contribution in [2.75, 3.05) is 7.05 Å². The lowest BCUT2D eigenvalue weighted by Gasteiger charge is -2.11. The molecule has 0 bridgehead atoms. The summed E-state index contributed by atoms with van der Waals surface area (Å²) < 4.78 is 0. The van der Waals surface area contributed by atoms with E-state index < -0.39 is 16.9 Å². The average molecular weight is 160 g/mol. The predicted octanol–water partition coefficient (Wildman–Crippen LogP) is -0.819. The van der Waals surface area contributed by atoms with Gasteiger partial charge in [-0.2, -0.15) is 0 Å². The second-order valence-electron chi connectivity index (χ2n) is 1.80. The first-order valence-corrected chi connectivity index (χ1v) is 2.69. The van der Waals surface area contributed by atoms with Gasteiger partial charge in [0.25, 0.3) is 5.96 Å². The quantitative estimate of drug-likeness (QED) is 0.226. The number of guanidine groups is 1. The first-order valence-electron chi connectivity index (χ1n) is 2.69. The Hall–Kier alpha value is -1.66. The number of carbonyl (C=O) groups is 1. The van der Waals surface area contributed by atoms with E-state index in [-0.39, 0.29) is 0 Å². The molecule has 0 saturated heterocycles. The van der Waals surface area contributed by atoms with E-state index in [2.05, 4.69) is 0 Å². The minimum absolute atomic E-state index is 0.440. The predicted molar refractivity (Wildman–Crippen MR) is 36.3 cm³/mol. The number of hydrogen-bond donors (Lipinski definition) is 2. The molecule has 0 rings (SSSR count). The third-order valence-corrected chi connectivity index (χ3v) is 1.00. The maximum absolute atomic E-state index is 10.5. The number of hydrogen-bond acceptors (Lipinski definition) is 4. The number of carbonyl (C=O) groups excluding carboxylic acids is 1. The van der Waals surface area contributed by atoms with Gasteiger partial charge >= 0.3 is 0 Å². The summed E-state index contributed by atoms with van der Waals surface area (Å²) in [5.74, 6) is -0.994. The van der Waals surface area contributed by atoms with Crippen LogP contribution in [0.4, 0.5) is 0 Å². The van der Waals surface area contributed by atoms with E-state index in [1.54, 1.807) is 0 Å². The lowest BCUT2D eigenvalue weighted by molar-refractivity contribution is -0.526. The monoisotopic (exact) mass is 160 g/mol. The van der Waals surface area contributed by atoms with Gasteiger partial charge in [-0.3, -0.25) is 15.1 Å². The fraction of sp³-hybridized carbons (Fsp3) is 0.500. The largest absolute Gasteiger partial charge is 0.282 e. The van der Waals surface area contributed by atoms with Crippen molar-refractivity contribution in [3.8, 4) is 0 Å². The van der Waals surface area contributed by atoms with Gasteiger partial charge < -0.3 is 0 Å². The number of rotatable bonds is 1. The van der Waals surface area contributed by atoms with Crippen LogP contribution < -0.4 is 5.43 Å². The molecule has 0 fully saturated rings. The molecule has 0 aromatic heterocycles. The van der Waals surface area contributed by atoms with Crippen molar-refractivity contribution in [3.05, 3.63) is 10.1 Å². The lowest BCUT2D eigenvalue weighted by Crippen LogP contribution is -2.43. The van der Waals surface area contributed by atoms with Crippen molar-refractivity contribution in [1.29, 1.82) is 5.41 Å². The molecule has 0 atom stereocenters. The molecule has 0 aliphatic rings. The molecule has 0 aromatic carbocycles. The summed E-state index contributed by atoms with van der Waals surface area (Å²) in [6.07, 6.45) is 0. The summed E-state index contributed by atoms with van der Waals surface area (Å²) in [6, 6.07) is 0. The molecule has 62 valence electrons. The number of hydrazine groups is 1. The van der Waals surface area contributed by atoms with E-state index >= 15 is 0 Å². The minimum Gasteiger partial charge on any atom is -0.282 e. The Morgan fingerprint density at radius 1 is 1.73 bits per heavy atom. The van der Waals surface area contributed by atoms with E-state index in [0.29, 0.717) is 0 Å². The maximum atomic E-state index is 10.5. The van der Waals surface area contributed by atoms with Gasteiger partial charge in [0.15, 0.2) is 5.03 Å². The smallest absolute Gasteiger partial charge is 0.260 e. The van der Waals surface area contributed by atoms with Crippen LogP contribution >= 0.6 is 0 Å². The second-order valence-corrected chi connectivity index (χ2v) is 1.80. The van der Waals surface area contributed by atoms with Gasteiger partial charge in [-0.05, 0) is 0 Å². The summed E-state index contributed by atoms with van der Waals surface area (Å²) in [4.78, 5) is 21.1. The molecule has 0 unspecified atom stereocenters. The molecule has 7 heteroatoms. The Morgan fingerprint density at radius 2 is 2.18 bits per heavy atom. The fourth-order valence-electron chi connectivity index (χ4n) is 0.319. The zero-order valence-electron chi connectivity index (χ0n) is 6.12. The third kappa shape index (κ3) is 3.14. The molecule has 0 saturated carbocycles. The van der Waals surface area contributed by atoms with Gasteiger partial charge in [-0.15, -0.1) is 0 Å². The summed E-state index contributed by atoms with van der Waals surface area (Å²) in [5, 5.41) is 15.8. The lowest BCUT2D eigenvalue weighted by atomic mass is 10.6. The molecule has 11 heavy (non-hydrogen) atoms. The van der Waals surface area contributed by atoms with Crippen LogP contribution in [0.25, 0.3) is 0 Å².